The number of benzene rings is 1. The average molecular weight is 336 g/mol. The summed E-state index contributed by atoms with van der Waals surface area (Å²) in [4.78, 5) is 14.6. The highest BCUT2D eigenvalue weighted by Crippen LogP contribution is 2.26. The molecule has 2 aromatic rings. The Morgan fingerprint density at radius 1 is 1.57 bits per heavy atom. The maximum atomic E-state index is 12.9. The number of hydrogen-bond donors (Lipinski definition) is 2. The van der Waals surface area contributed by atoms with E-state index in [1.807, 2.05) is 19.1 Å². The summed E-state index contributed by atoms with van der Waals surface area (Å²) < 4.78 is 5.48. The first-order valence-corrected chi connectivity index (χ1v) is 7.80. The van der Waals surface area contributed by atoms with Gasteiger partial charge in [-0.05, 0) is 19.1 Å². The van der Waals surface area contributed by atoms with Gasteiger partial charge in [-0.1, -0.05) is 23.7 Å². The van der Waals surface area contributed by atoms with Crippen LogP contribution in [0.1, 0.15) is 17.3 Å². The maximum Gasteiger partial charge on any atom is 0.258 e. The van der Waals surface area contributed by atoms with Crippen LogP contribution in [0.2, 0.25) is 5.02 Å². The van der Waals surface area contributed by atoms with Crippen molar-refractivity contribution in [1.82, 2.24) is 15.1 Å². The molecule has 0 saturated carbocycles. The third-order valence-electron chi connectivity index (χ3n) is 3.95. The predicted molar refractivity (Wildman–Crippen MR) is 86.4 cm³/mol. The van der Waals surface area contributed by atoms with Crippen molar-refractivity contribution in [2.45, 2.75) is 19.1 Å². The lowest BCUT2D eigenvalue weighted by atomic mass is 10.1. The molecule has 1 saturated heterocycles. The molecule has 3 rings (SSSR count). The third-order valence-corrected chi connectivity index (χ3v) is 4.19. The van der Waals surface area contributed by atoms with Gasteiger partial charge in [0.1, 0.15) is 0 Å². The van der Waals surface area contributed by atoms with Gasteiger partial charge in [0.25, 0.3) is 5.91 Å². The first-order chi connectivity index (χ1) is 11.1. The number of nitrogens with one attached hydrogen (secondary N) is 1. The summed E-state index contributed by atoms with van der Waals surface area (Å²) in [6.45, 7) is 2.58. The molecular weight excluding hydrogens is 318 g/mol. The Kier molecular flexibility index (Phi) is 4.66. The Morgan fingerprint density at radius 3 is 3.13 bits per heavy atom. The standard InChI is InChI=1S/C16H18ClN3O3/c1-10-9-23-13(8-21)7-20(10)16(22)14-6-18-19-15(14)11-3-2-4-12(17)5-11/h2-6,10,13,21H,7-9H2,1H3,(H,18,19). The Labute approximate surface area is 139 Å². The van der Waals surface area contributed by atoms with Crippen molar-refractivity contribution in [2.24, 2.45) is 0 Å². The second kappa shape index (κ2) is 6.70. The van der Waals surface area contributed by atoms with Gasteiger partial charge in [0.05, 0.1) is 42.8 Å². The largest absolute Gasteiger partial charge is 0.394 e. The molecule has 1 aromatic carbocycles. The fourth-order valence-electron chi connectivity index (χ4n) is 2.68. The number of carbonyl (C=O) groups is 1. The molecule has 2 unspecified atom stereocenters. The van der Waals surface area contributed by atoms with Crippen LogP contribution in [0, 0.1) is 0 Å². The number of nitrogens with zero attached hydrogens (tertiary/aromatic N) is 2. The van der Waals surface area contributed by atoms with Crippen LogP contribution in [-0.2, 0) is 4.74 Å². The van der Waals surface area contributed by atoms with Crippen LogP contribution in [0.4, 0.5) is 0 Å². The van der Waals surface area contributed by atoms with Crippen LogP contribution in [0.3, 0.4) is 0 Å². The highest BCUT2D eigenvalue weighted by molar-refractivity contribution is 6.30. The second-order valence-corrected chi connectivity index (χ2v) is 6.05. The smallest absolute Gasteiger partial charge is 0.258 e. The van der Waals surface area contributed by atoms with E-state index in [9.17, 15) is 9.90 Å². The minimum Gasteiger partial charge on any atom is -0.394 e. The summed E-state index contributed by atoms with van der Waals surface area (Å²) in [5.74, 6) is -0.136. The molecule has 1 amide bonds. The lowest BCUT2D eigenvalue weighted by Crippen LogP contribution is -2.52. The summed E-state index contributed by atoms with van der Waals surface area (Å²) in [6.07, 6.45) is 1.17. The number of morpholine rings is 1. The zero-order valence-electron chi connectivity index (χ0n) is 12.7. The molecule has 2 atom stereocenters. The van der Waals surface area contributed by atoms with Gasteiger partial charge < -0.3 is 14.7 Å². The van der Waals surface area contributed by atoms with E-state index in [0.717, 1.165) is 5.56 Å². The number of rotatable bonds is 3. The van der Waals surface area contributed by atoms with E-state index < -0.39 is 0 Å². The number of halogens is 1. The van der Waals surface area contributed by atoms with Crippen molar-refractivity contribution in [3.63, 3.8) is 0 Å². The number of aliphatic hydroxyl groups excluding tert-OH is 1. The van der Waals surface area contributed by atoms with Crippen LogP contribution < -0.4 is 0 Å². The molecule has 1 aromatic heterocycles. The zero-order valence-corrected chi connectivity index (χ0v) is 13.5. The fraction of sp³-hybridized carbons (Fsp3) is 0.375. The number of aromatic nitrogens is 2. The Morgan fingerprint density at radius 2 is 2.39 bits per heavy atom. The summed E-state index contributed by atoms with van der Waals surface area (Å²) in [6, 6.07) is 7.19. The number of hydrogen-bond acceptors (Lipinski definition) is 4. The number of carbonyl (C=O) groups excluding carboxylic acids is 1. The lowest BCUT2D eigenvalue weighted by molar-refractivity contribution is -0.0667. The maximum absolute atomic E-state index is 12.9. The van der Waals surface area contributed by atoms with Crippen LogP contribution in [0.25, 0.3) is 11.3 Å². The Bertz CT molecular complexity index is 703. The van der Waals surface area contributed by atoms with Crippen molar-refractivity contribution in [1.29, 1.82) is 0 Å². The van der Waals surface area contributed by atoms with Gasteiger partial charge >= 0.3 is 0 Å². The molecule has 0 aliphatic carbocycles. The minimum atomic E-state index is -0.350. The molecule has 6 nitrogen and oxygen atoms in total. The van der Waals surface area contributed by atoms with Crippen LogP contribution in [-0.4, -0.2) is 58.0 Å². The number of H-pyrrole nitrogens is 1. The molecule has 2 N–H and O–H groups in total. The first-order valence-electron chi connectivity index (χ1n) is 7.43. The normalized spacial score (nSPS) is 21.4. The number of amides is 1. The minimum absolute atomic E-state index is 0.0626. The Hall–Kier alpha value is -1.89. The van der Waals surface area contributed by atoms with Gasteiger partial charge in [-0.15, -0.1) is 0 Å². The topological polar surface area (TPSA) is 78.5 Å². The lowest BCUT2D eigenvalue weighted by Gasteiger charge is -2.37. The van der Waals surface area contributed by atoms with E-state index >= 15 is 0 Å². The van der Waals surface area contributed by atoms with E-state index in [0.29, 0.717) is 29.4 Å². The summed E-state index contributed by atoms with van der Waals surface area (Å²) in [5.41, 5.74) is 1.92. The van der Waals surface area contributed by atoms with Crippen LogP contribution in [0.15, 0.2) is 30.5 Å². The molecule has 0 bridgehead atoms. The number of aliphatic hydroxyl groups is 1. The van der Waals surface area contributed by atoms with E-state index in [1.165, 1.54) is 6.20 Å². The predicted octanol–water partition coefficient (Wildman–Crippen LogP) is 1.95. The van der Waals surface area contributed by atoms with Crippen molar-refractivity contribution >= 4 is 17.5 Å². The average Bonchev–Trinajstić information content (AvgIpc) is 3.04. The second-order valence-electron chi connectivity index (χ2n) is 5.61. The monoisotopic (exact) mass is 335 g/mol. The summed E-state index contributed by atoms with van der Waals surface area (Å²) in [5, 5.41) is 16.8. The first kappa shape index (κ1) is 16.0. The van der Waals surface area contributed by atoms with E-state index in [2.05, 4.69) is 10.2 Å². The van der Waals surface area contributed by atoms with Crippen molar-refractivity contribution in [2.75, 3.05) is 19.8 Å². The van der Waals surface area contributed by atoms with Crippen molar-refractivity contribution in [3.05, 3.63) is 41.0 Å². The van der Waals surface area contributed by atoms with Gasteiger partial charge in [0, 0.05) is 17.1 Å². The molecule has 122 valence electrons. The van der Waals surface area contributed by atoms with Gasteiger partial charge in [-0.25, -0.2) is 0 Å². The van der Waals surface area contributed by atoms with Gasteiger partial charge in [0.2, 0.25) is 0 Å². The molecule has 23 heavy (non-hydrogen) atoms. The fourth-order valence-corrected chi connectivity index (χ4v) is 2.87. The number of ether oxygens (including phenoxy) is 1. The Balaban J connectivity index is 1.90. The van der Waals surface area contributed by atoms with E-state index in [-0.39, 0.29) is 24.7 Å². The molecule has 1 aliphatic heterocycles. The van der Waals surface area contributed by atoms with Gasteiger partial charge in [0.15, 0.2) is 0 Å². The van der Waals surface area contributed by atoms with E-state index in [1.54, 1.807) is 17.0 Å². The third kappa shape index (κ3) is 3.24. The highest BCUT2D eigenvalue weighted by Gasteiger charge is 2.31. The molecule has 0 spiro atoms. The van der Waals surface area contributed by atoms with Crippen LogP contribution >= 0.6 is 11.6 Å². The van der Waals surface area contributed by atoms with E-state index in [4.69, 9.17) is 16.3 Å². The molecule has 2 heterocycles. The summed E-state index contributed by atoms with van der Waals surface area (Å²) >= 11 is 6.03. The number of aromatic amines is 1. The van der Waals surface area contributed by atoms with Gasteiger partial charge in [-0.2, -0.15) is 5.10 Å². The van der Waals surface area contributed by atoms with Crippen LogP contribution in [0.5, 0.6) is 0 Å². The molecule has 1 fully saturated rings. The molecule has 7 heteroatoms. The molecule has 0 radical (unpaired) electrons. The highest BCUT2D eigenvalue weighted by atomic mass is 35.5. The van der Waals surface area contributed by atoms with Crippen molar-refractivity contribution in [3.8, 4) is 11.3 Å². The quantitative estimate of drug-likeness (QED) is 0.898. The molecule has 1 aliphatic rings. The SMILES string of the molecule is CC1COC(CO)CN1C(=O)c1cn[nH]c1-c1cccc(Cl)c1. The summed E-state index contributed by atoms with van der Waals surface area (Å²) in [7, 11) is 0. The molecular formula is C16H18ClN3O3. The van der Waals surface area contributed by atoms with Crippen molar-refractivity contribution < 1.29 is 14.6 Å². The van der Waals surface area contributed by atoms with Gasteiger partial charge in [-0.3, -0.25) is 9.89 Å². The zero-order chi connectivity index (χ0) is 16.4.